The van der Waals surface area contributed by atoms with E-state index in [1.165, 1.54) is 29.5 Å². The number of hydrogen-bond donors (Lipinski definition) is 1. The molecule has 104 valence electrons. The second-order valence-electron chi connectivity index (χ2n) is 5.33. The van der Waals surface area contributed by atoms with E-state index < -0.39 is 0 Å². The van der Waals surface area contributed by atoms with Crippen LogP contribution in [0.4, 0.5) is 0 Å². The maximum atomic E-state index is 6.06. The molecule has 2 aromatic carbocycles. The van der Waals surface area contributed by atoms with Crippen LogP contribution in [0.25, 0.3) is 0 Å². The summed E-state index contributed by atoms with van der Waals surface area (Å²) in [6.07, 6.45) is 3.49. The molecule has 0 fully saturated rings. The molecule has 0 saturated carbocycles. The van der Waals surface area contributed by atoms with Crippen LogP contribution < -0.4 is 5.32 Å². The molecule has 1 atom stereocenters. The van der Waals surface area contributed by atoms with Crippen molar-refractivity contribution in [3.05, 3.63) is 68.7 Å². The molecule has 2 aromatic rings. The lowest BCUT2D eigenvalue weighted by molar-refractivity contribution is 0.457. The van der Waals surface area contributed by atoms with Gasteiger partial charge in [0.25, 0.3) is 0 Å². The lowest BCUT2D eigenvalue weighted by atomic mass is 9.88. The number of hydrogen-bond acceptors (Lipinski definition) is 1. The summed E-state index contributed by atoms with van der Waals surface area (Å²) in [5.41, 5.74) is 4.22. The van der Waals surface area contributed by atoms with Crippen LogP contribution in [0.15, 0.2) is 46.9 Å². The number of fused-ring (bicyclic) bond motifs is 1. The Morgan fingerprint density at radius 3 is 2.80 bits per heavy atom. The van der Waals surface area contributed by atoms with Gasteiger partial charge in [0.15, 0.2) is 0 Å². The fourth-order valence-electron chi connectivity index (χ4n) is 2.81. The smallest absolute Gasteiger partial charge is 0.0410 e. The van der Waals surface area contributed by atoms with E-state index in [0.717, 1.165) is 22.5 Å². The summed E-state index contributed by atoms with van der Waals surface area (Å²) in [5, 5.41) is 4.45. The Morgan fingerprint density at radius 2 is 1.95 bits per heavy atom. The van der Waals surface area contributed by atoms with E-state index in [4.69, 9.17) is 11.6 Å². The average molecular weight is 351 g/mol. The average Bonchev–Trinajstić information content (AvgIpc) is 2.48. The maximum Gasteiger partial charge on any atom is 0.0410 e. The number of rotatable bonds is 3. The van der Waals surface area contributed by atoms with Gasteiger partial charge in [-0.05, 0) is 54.2 Å². The van der Waals surface area contributed by atoms with Crippen molar-refractivity contribution >= 4 is 27.5 Å². The van der Waals surface area contributed by atoms with Gasteiger partial charge in [0.2, 0.25) is 0 Å². The van der Waals surface area contributed by atoms with Crippen molar-refractivity contribution in [2.24, 2.45) is 0 Å². The van der Waals surface area contributed by atoms with E-state index in [9.17, 15) is 0 Å². The molecule has 0 radical (unpaired) electrons. The Labute approximate surface area is 133 Å². The Balaban J connectivity index is 1.64. The second-order valence-corrected chi connectivity index (χ2v) is 6.62. The Kier molecular flexibility index (Phi) is 4.45. The molecule has 0 bridgehead atoms. The third-order valence-corrected chi connectivity index (χ3v) is 4.94. The first-order chi connectivity index (χ1) is 9.72. The van der Waals surface area contributed by atoms with E-state index in [-0.39, 0.29) is 0 Å². The van der Waals surface area contributed by atoms with E-state index in [2.05, 4.69) is 45.5 Å². The van der Waals surface area contributed by atoms with Crippen LogP contribution in [0.1, 0.15) is 23.1 Å². The molecule has 0 amide bonds. The molecular weight excluding hydrogens is 334 g/mol. The van der Waals surface area contributed by atoms with Gasteiger partial charge in [0, 0.05) is 22.1 Å². The van der Waals surface area contributed by atoms with Gasteiger partial charge in [-0.2, -0.15) is 0 Å². The summed E-state index contributed by atoms with van der Waals surface area (Å²) in [4.78, 5) is 0. The standard InChI is InChI=1S/C17H17BrClN/c18-17-8-6-15(19)9-14(17)11-20-16-7-5-12-3-1-2-4-13(12)10-16/h1-4,6,8-9,16,20H,5,7,10-11H2. The molecule has 1 aliphatic carbocycles. The van der Waals surface area contributed by atoms with E-state index >= 15 is 0 Å². The molecule has 0 saturated heterocycles. The van der Waals surface area contributed by atoms with Crippen LogP contribution in [-0.2, 0) is 19.4 Å². The first-order valence-corrected chi connectivity index (χ1v) is 8.13. The zero-order valence-corrected chi connectivity index (χ0v) is 13.5. The zero-order chi connectivity index (χ0) is 13.9. The second kappa shape index (κ2) is 6.30. The summed E-state index contributed by atoms with van der Waals surface area (Å²) in [7, 11) is 0. The quantitative estimate of drug-likeness (QED) is 0.842. The highest BCUT2D eigenvalue weighted by atomic mass is 79.9. The lowest BCUT2D eigenvalue weighted by Gasteiger charge is -2.25. The predicted octanol–water partition coefficient (Wildman–Crippen LogP) is 4.75. The maximum absolute atomic E-state index is 6.06. The van der Waals surface area contributed by atoms with Gasteiger partial charge in [-0.3, -0.25) is 0 Å². The van der Waals surface area contributed by atoms with Crippen LogP contribution in [0.2, 0.25) is 5.02 Å². The summed E-state index contributed by atoms with van der Waals surface area (Å²) in [6, 6.07) is 15.3. The zero-order valence-electron chi connectivity index (χ0n) is 11.2. The minimum Gasteiger partial charge on any atom is -0.310 e. The number of halogens is 2. The van der Waals surface area contributed by atoms with Gasteiger partial charge in [0.1, 0.15) is 0 Å². The molecule has 20 heavy (non-hydrogen) atoms. The van der Waals surface area contributed by atoms with E-state index in [1.807, 2.05) is 18.2 Å². The van der Waals surface area contributed by atoms with Crippen molar-refractivity contribution in [2.75, 3.05) is 0 Å². The predicted molar refractivity (Wildman–Crippen MR) is 88.2 cm³/mol. The largest absolute Gasteiger partial charge is 0.310 e. The molecule has 1 nitrogen and oxygen atoms in total. The Bertz CT molecular complexity index is 612. The highest BCUT2D eigenvalue weighted by Crippen LogP contribution is 2.23. The van der Waals surface area contributed by atoms with Crippen molar-refractivity contribution in [1.82, 2.24) is 5.32 Å². The van der Waals surface area contributed by atoms with Gasteiger partial charge in [-0.1, -0.05) is 51.8 Å². The third-order valence-electron chi connectivity index (χ3n) is 3.94. The first kappa shape index (κ1) is 14.1. The fraction of sp³-hybridized carbons (Fsp3) is 0.294. The molecule has 0 aromatic heterocycles. The molecule has 1 N–H and O–H groups in total. The fourth-order valence-corrected chi connectivity index (χ4v) is 3.39. The van der Waals surface area contributed by atoms with Gasteiger partial charge in [-0.25, -0.2) is 0 Å². The highest BCUT2D eigenvalue weighted by Gasteiger charge is 2.17. The molecular formula is C17H17BrClN. The summed E-state index contributed by atoms with van der Waals surface area (Å²) in [5.74, 6) is 0. The van der Waals surface area contributed by atoms with Gasteiger partial charge in [-0.15, -0.1) is 0 Å². The minimum atomic E-state index is 0.552. The molecule has 1 aliphatic rings. The van der Waals surface area contributed by atoms with Crippen molar-refractivity contribution in [3.8, 4) is 0 Å². The SMILES string of the molecule is Clc1ccc(Br)c(CNC2CCc3ccccc3C2)c1. The Morgan fingerprint density at radius 1 is 1.15 bits per heavy atom. The third kappa shape index (κ3) is 3.25. The van der Waals surface area contributed by atoms with Crippen LogP contribution in [-0.4, -0.2) is 6.04 Å². The van der Waals surface area contributed by atoms with E-state index in [1.54, 1.807) is 0 Å². The van der Waals surface area contributed by atoms with Crippen molar-refractivity contribution < 1.29 is 0 Å². The monoisotopic (exact) mass is 349 g/mol. The lowest BCUT2D eigenvalue weighted by Crippen LogP contribution is -2.34. The van der Waals surface area contributed by atoms with Crippen molar-refractivity contribution in [2.45, 2.75) is 31.8 Å². The number of benzene rings is 2. The summed E-state index contributed by atoms with van der Waals surface area (Å²) >= 11 is 9.64. The van der Waals surface area contributed by atoms with Gasteiger partial charge >= 0.3 is 0 Å². The molecule has 0 spiro atoms. The summed E-state index contributed by atoms with van der Waals surface area (Å²) in [6.45, 7) is 0.855. The topological polar surface area (TPSA) is 12.0 Å². The molecule has 0 aliphatic heterocycles. The minimum absolute atomic E-state index is 0.552. The molecule has 3 rings (SSSR count). The highest BCUT2D eigenvalue weighted by molar-refractivity contribution is 9.10. The molecule has 1 unspecified atom stereocenters. The number of nitrogens with one attached hydrogen (secondary N) is 1. The normalized spacial score (nSPS) is 17.8. The first-order valence-electron chi connectivity index (χ1n) is 6.96. The van der Waals surface area contributed by atoms with E-state index in [0.29, 0.717) is 6.04 Å². The van der Waals surface area contributed by atoms with Gasteiger partial charge in [0.05, 0.1) is 0 Å². The molecule has 0 heterocycles. The van der Waals surface area contributed by atoms with Crippen molar-refractivity contribution in [3.63, 3.8) is 0 Å². The van der Waals surface area contributed by atoms with Gasteiger partial charge < -0.3 is 5.32 Å². The van der Waals surface area contributed by atoms with Crippen molar-refractivity contribution in [1.29, 1.82) is 0 Å². The molecule has 3 heteroatoms. The Hall–Kier alpha value is -0.830. The van der Waals surface area contributed by atoms with Crippen LogP contribution >= 0.6 is 27.5 Å². The van der Waals surface area contributed by atoms with Crippen LogP contribution in [0, 0.1) is 0 Å². The van der Waals surface area contributed by atoms with Crippen LogP contribution in [0.3, 0.4) is 0 Å². The van der Waals surface area contributed by atoms with Crippen LogP contribution in [0.5, 0.6) is 0 Å². The summed E-state index contributed by atoms with van der Waals surface area (Å²) < 4.78 is 1.12. The number of aryl methyl sites for hydroxylation is 1.